The molecule has 7 nitrogen and oxygen atoms in total. The van der Waals surface area contributed by atoms with Gasteiger partial charge in [0.05, 0.1) is 31.5 Å². The van der Waals surface area contributed by atoms with Crippen molar-refractivity contribution in [3.05, 3.63) is 56.0 Å². The van der Waals surface area contributed by atoms with Gasteiger partial charge in [0.15, 0.2) is 5.67 Å². The quantitative estimate of drug-likeness (QED) is 0.458. The van der Waals surface area contributed by atoms with E-state index in [0.717, 1.165) is 0 Å². The van der Waals surface area contributed by atoms with Crippen molar-refractivity contribution in [2.75, 3.05) is 26.2 Å². The smallest absolute Gasteiger partial charge is 0.376 e. The number of hydrogen-bond acceptors (Lipinski definition) is 7. The third-order valence-electron chi connectivity index (χ3n) is 6.75. The highest BCUT2D eigenvalue weighted by atomic mass is 35.5. The Labute approximate surface area is 231 Å². The van der Waals surface area contributed by atoms with Gasteiger partial charge in [0.25, 0.3) is 0 Å². The maximum absolute atomic E-state index is 14.8. The van der Waals surface area contributed by atoms with Gasteiger partial charge in [0.2, 0.25) is 0 Å². The fraction of sp³-hybridized carbons (Fsp3) is 0.545. The van der Waals surface area contributed by atoms with Gasteiger partial charge in [0, 0.05) is 12.4 Å². The van der Waals surface area contributed by atoms with E-state index in [1.807, 2.05) is 9.62 Å². The van der Waals surface area contributed by atoms with Gasteiger partial charge in [-0.15, -0.1) is 0 Å². The zero-order valence-corrected chi connectivity index (χ0v) is 23.2. The summed E-state index contributed by atoms with van der Waals surface area (Å²) in [4.78, 5) is 11.9. The molecule has 3 N–H and O–H groups in total. The van der Waals surface area contributed by atoms with E-state index in [4.69, 9.17) is 46.4 Å². The number of hydrogen-bond donors (Lipinski definition) is 3. The highest BCUT2D eigenvalue weighted by Gasteiger charge is 2.40. The van der Waals surface area contributed by atoms with Crippen molar-refractivity contribution in [1.82, 2.24) is 19.6 Å². The summed E-state index contributed by atoms with van der Waals surface area (Å²) in [7, 11) is -1.05. The van der Waals surface area contributed by atoms with Gasteiger partial charge in [-0.25, -0.2) is 4.39 Å². The number of aliphatic hydroxyl groups is 1. The first kappa shape index (κ1) is 29.9. The zero-order chi connectivity index (χ0) is 26.7. The number of rotatable bonds is 4. The first-order valence-electron chi connectivity index (χ1n) is 11.7. The summed E-state index contributed by atoms with van der Waals surface area (Å²) in [6.45, 7) is 5.57. The van der Waals surface area contributed by atoms with Crippen LogP contribution in [0.15, 0.2) is 24.5 Å². The van der Waals surface area contributed by atoms with Gasteiger partial charge in [-0.2, -0.15) is 0 Å². The molecular weight excluding hydrogens is 551 g/mol. The molecule has 4 heterocycles. The number of piperidine rings is 2. The Morgan fingerprint density at radius 2 is 1.17 bits per heavy atom. The molecule has 4 rings (SSSR count). The Morgan fingerprint density at radius 3 is 1.56 bits per heavy atom. The van der Waals surface area contributed by atoms with E-state index >= 15 is 0 Å². The summed E-state index contributed by atoms with van der Waals surface area (Å²) in [5.74, 6) is 0. The standard InChI is InChI=1S/C11H14BCl2FN2O.C11H15BCl2N2O2/c1-12(18)17-4-2-11(15,3-5-17)10-9(14)6-8(13)7-16-10;1-12(18)16-4-2-11(17,3-5-16)10-9(14)6-8(13)7-15-10/h6-7,18H,2-5H2,1H3;6-7,17-18H,2-5H2,1H3. The van der Waals surface area contributed by atoms with Gasteiger partial charge in [-0.3, -0.25) is 9.97 Å². The highest BCUT2D eigenvalue weighted by molar-refractivity contribution is 6.45. The molecule has 0 amide bonds. The van der Waals surface area contributed by atoms with Gasteiger partial charge < -0.3 is 24.8 Å². The minimum absolute atomic E-state index is 0.249. The van der Waals surface area contributed by atoms with Crippen molar-refractivity contribution in [3.63, 3.8) is 0 Å². The monoisotopic (exact) mass is 578 g/mol. The molecule has 0 atom stereocenters. The van der Waals surface area contributed by atoms with Crippen molar-refractivity contribution in [2.24, 2.45) is 0 Å². The Balaban J connectivity index is 0.000000201. The van der Waals surface area contributed by atoms with E-state index in [9.17, 15) is 19.5 Å². The molecule has 2 fully saturated rings. The van der Waals surface area contributed by atoms with Crippen molar-refractivity contribution < 1.29 is 19.5 Å². The van der Waals surface area contributed by atoms with Crippen LogP contribution in [0.5, 0.6) is 0 Å². The molecule has 0 unspecified atom stereocenters. The molecule has 2 aliphatic heterocycles. The largest absolute Gasteiger partial charge is 0.437 e. The minimum Gasteiger partial charge on any atom is -0.437 e. The Bertz CT molecular complexity index is 959. The maximum Gasteiger partial charge on any atom is 0.376 e. The summed E-state index contributed by atoms with van der Waals surface area (Å²) in [6, 6.07) is 3.10. The average Bonchev–Trinajstić information content (AvgIpc) is 2.79. The minimum atomic E-state index is -1.53. The molecule has 2 aromatic rings. The van der Waals surface area contributed by atoms with Crippen LogP contribution in [-0.2, 0) is 11.3 Å². The van der Waals surface area contributed by atoms with E-state index in [1.165, 1.54) is 18.5 Å². The third-order valence-corrected chi connectivity index (χ3v) is 7.74. The van der Waals surface area contributed by atoms with Crippen LogP contribution in [0.1, 0.15) is 37.1 Å². The van der Waals surface area contributed by atoms with Crippen molar-refractivity contribution >= 4 is 60.5 Å². The lowest BCUT2D eigenvalue weighted by Crippen LogP contribution is -2.48. The molecule has 0 saturated carbocycles. The van der Waals surface area contributed by atoms with Crippen LogP contribution in [0, 0.1) is 0 Å². The molecule has 2 saturated heterocycles. The topological polar surface area (TPSA) is 93.0 Å². The molecule has 0 bridgehead atoms. The van der Waals surface area contributed by atoms with E-state index in [0.29, 0.717) is 59.8 Å². The lowest BCUT2D eigenvalue weighted by molar-refractivity contribution is -0.0163. The SMILES string of the molecule is CB(O)N1CCC(F)(c2ncc(Cl)cc2Cl)CC1.CB(O)N1CCC(O)(c2ncc(Cl)cc2Cl)CC1. The second kappa shape index (κ2) is 12.5. The summed E-state index contributed by atoms with van der Waals surface area (Å²) in [5.41, 5.74) is -1.85. The molecule has 36 heavy (non-hydrogen) atoms. The van der Waals surface area contributed by atoms with Crippen molar-refractivity contribution in [3.8, 4) is 0 Å². The van der Waals surface area contributed by atoms with Crippen molar-refractivity contribution in [1.29, 1.82) is 0 Å². The summed E-state index contributed by atoms with van der Waals surface area (Å²) in [5, 5.41) is 31.1. The molecule has 0 radical (unpaired) electrons. The predicted octanol–water partition coefficient (Wildman–Crippen LogP) is 4.54. The van der Waals surface area contributed by atoms with Crippen molar-refractivity contribution in [2.45, 2.75) is 50.6 Å². The lowest BCUT2D eigenvalue weighted by atomic mass is 9.78. The fourth-order valence-electron chi connectivity index (χ4n) is 4.49. The van der Waals surface area contributed by atoms with Crippen LogP contribution in [-0.4, -0.2) is 75.0 Å². The van der Waals surface area contributed by atoms with Crippen LogP contribution in [0.3, 0.4) is 0 Å². The number of nitrogens with zero attached hydrogens (tertiary/aromatic N) is 4. The van der Waals surface area contributed by atoms with Crippen LogP contribution >= 0.6 is 46.4 Å². The highest BCUT2D eigenvalue weighted by Crippen LogP contribution is 2.40. The molecule has 196 valence electrons. The molecule has 14 heteroatoms. The Kier molecular flexibility index (Phi) is 10.3. The second-order valence-corrected chi connectivity index (χ2v) is 11.0. The summed E-state index contributed by atoms with van der Waals surface area (Å²) < 4.78 is 14.8. The van der Waals surface area contributed by atoms with E-state index in [2.05, 4.69) is 9.97 Å². The number of alkyl halides is 1. The number of aromatic nitrogens is 2. The maximum atomic E-state index is 14.8. The van der Waals surface area contributed by atoms with Gasteiger partial charge >= 0.3 is 14.1 Å². The summed E-state index contributed by atoms with van der Waals surface area (Å²) >= 11 is 23.6. The van der Waals surface area contributed by atoms with E-state index < -0.39 is 25.4 Å². The molecule has 0 aliphatic carbocycles. The Hall–Kier alpha value is -0.680. The summed E-state index contributed by atoms with van der Waals surface area (Å²) in [6.07, 6.45) is 4.42. The Morgan fingerprint density at radius 1 is 0.778 bits per heavy atom. The van der Waals surface area contributed by atoms with Crippen LogP contribution in [0.25, 0.3) is 0 Å². The normalized spacial score (nSPS) is 19.8. The predicted molar refractivity (Wildman–Crippen MR) is 144 cm³/mol. The first-order valence-corrected chi connectivity index (χ1v) is 13.2. The van der Waals surface area contributed by atoms with Crippen LogP contribution in [0.2, 0.25) is 33.7 Å². The third kappa shape index (κ3) is 7.24. The van der Waals surface area contributed by atoms with Gasteiger partial charge in [-0.1, -0.05) is 46.4 Å². The van der Waals surface area contributed by atoms with Crippen LogP contribution in [0.4, 0.5) is 4.39 Å². The second-order valence-electron chi connectivity index (χ2n) is 9.30. The van der Waals surface area contributed by atoms with E-state index in [-0.39, 0.29) is 23.6 Å². The van der Waals surface area contributed by atoms with Gasteiger partial charge in [-0.05, 0) is 77.6 Å². The molecule has 0 spiro atoms. The molecule has 0 aromatic carbocycles. The number of halogens is 5. The zero-order valence-electron chi connectivity index (χ0n) is 20.1. The van der Waals surface area contributed by atoms with Gasteiger partial charge in [0.1, 0.15) is 5.60 Å². The molecule has 2 aromatic heterocycles. The van der Waals surface area contributed by atoms with Crippen LogP contribution < -0.4 is 0 Å². The molecule has 2 aliphatic rings. The first-order chi connectivity index (χ1) is 16.8. The fourth-order valence-corrected chi connectivity index (χ4v) is 5.60. The average molecular weight is 580 g/mol. The number of pyridine rings is 2. The van der Waals surface area contributed by atoms with E-state index in [1.54, 1.807) is 19.7 Å². The lowest BCUT2D eigenvalue weighted by Gasteiger charge is -2.38. The molecular formula is C22H29B2Cl4FN4O3.